The van der Waals surface area contributed by atoms with Gasteiger partial charge in [-0.05, 0) is 37.4 Å². The van der Waals surface area contributed by atoms with Crippen molar-refractivity contribution in [1.82, 2.24) is 4.98 Å². The molecule has 0 bridgehead atoms. The number of aryl methyl sites for hydroxylation is 1. The van der Waals surface area contributed by atoms with Crippen LogP contribution in [0.4, 0.5) is 0 Å². The monoisotopic (exact) mass is 376 g/mol. The molecule has 0 radical (unpaired) electrons. The summed E-state index contributed by atoms with van der Waals surface area (Å²) in [7, 11) is 0. The number of oxime groups is 1. The molecule has 0 atom stereocenters. The van der Waals surface area contributed by atoms with E-state index in [9.17, 15) is 4.79 Å². The van der Waals surface area contributed by atoms with Crippen LogP contribution in [-0.4, -0.2) is 16.7 Å². The second-order valence-electron chi connectivity index (χ2n) is 4.97. The van der Waals surface area contributed by atoms with Crippen LogP contribution in [0.25, 0.3) is 10.6 Å². The van der Waals surface area contributed by atoms with E-state index in [-0.39, 0.29) is 0 Å². The zero-order valence-corrected chi connectivity index (χ0v) is 15.3. The van der Waals surface area contributed by atoms with Gasteiger partial charge in [-0.25, -0.2) is 9.78 Å². The van der Waals surface area contributed by atoms with Crippen molar-refractivity contribution in [3.05, 3.63) is 62.2 Å². The van der Waals surface area contributed by atoms with E-state index in [1.807, 2.05) is 36.6 Å². The van der Waals surface area contributed by atoms with Crippen LogP contribution in [0.15, 0.2) is 46.9 Å². The Bertz CT molecular complexity index is 884. The summed E-state index contributed by atoms with van der Waals surface area (Å²) in [6, 6.07) is 11.0. The molecular formula is C17H13ClN2O2S2. The summed E-state index contributed by atoms with van der Waals surface area (Å²) >= 11 is 8.74. The average molecular weight is 377 g/mol. The number of thiazole rings is 1. The maximum Gasteiger partial charge on any atom is 0.375 e. The molecule has 1 aromatic carbocycles. The van der Waals surface area contributed by atoms with Gasteiger partial charge >= 0.3 is 5.97 Å². The third-order valence-electron chi connectivity index (χ3n) is 3.20. The van der Waals surface area contributed by atoms with Gasteiger partial charge in [-0.1, -0.05) is 35.0 Å². The Kier molecular flexibility index (Phi) is 5.08. The SMILES string of the molecule is CC(=NOC(=O)c1cccs1)c1sc(-c2ccc(Cl)cc2)nc1C. The minimum atomic E-state index is -0.454. The Hall–Kier alpha value is -2.02. The molecule has 0 saturated heterocycles. The summed E-state index contributed by atoms with van der Waals surface area (Å²) in [5.41, 5.74) is 2.45. The molecule has 3 aromatic rings. The average Bonchev–Trinajstić information content (AvgIpc) is 3.23. The Morgan fingerprint density at radius 1 is 1.25 bits per heavy atom. The summed E-state index contributed by atoms with van der Waals surface area (Å²) in [4.78, 5) is 22.8. The Morgan fingerprint density at radius 2 is 2.00 bits per heavy atom. The predicted octanol–water partition coefficient (Wildman–Crippen LogP) is 5.41. The molecule has 0 unspecified atom stereocenters. The summed E-state index contributed by atoms with van der Waals surface area (Å²) in [5, 5.41) is 7.33. The Balaban J connectivity index is 1.80. The van der Waals surface area contributed by atoms with Gasteiger partial charge in [0.2, 0.25) is 0 Å². The molecule has 4 nitrogen and oxygen atoms in total. The first-order valence-electron chi connectivity index (χ1n) is 7.08. The van der Waals surface area contributed by atoms with Gasteiger partial charge in [0.15, 0.2) is 0 Å². The standard InChI is InChI=1S/C17H13ClN2O2S2/c1-10-15(11(2)20-22-17(21)14-4-3-9-23-14)24-16(19-10)12-5-7-13(18)8-6-12/h3-9H,1-2H3. The number of aromatic nitrogens is 1. The lowest BCUT2D eigenvalue weighted by molar-refractivity contribution is 0.0522. The van der Waals surface area contributed by atoms with E-state index in [4.69, 9.17) is 16.4 Å². The molecule has 7 heteroatoms. The number of carbonyl (C=O) groups is 1. The Morgan fingerprint density at radius 3 is 2.67 bits per heavy atom. The fourth-order valence-corrected chi connectivity index (χ4v) is 3.77. The molecule has 0 aliphatic heterocycles. The van der Waals surface area contributed by atoms with Gasteiger partial charge in [0, 0.05) is 10.6 Å². The number of thiophene rings is 1. The van der Waals surface area contributed by atoms with Gasteiger partial charge in [-0.3, -0.25) is 0 Å². The molecule has 0 saturated carbocycles. The van der Waals surface area contributed by atoms with Crippen molar-refractivity contribution in [2.24, 2.45) is 5.16 Å². The fraction of sp³-hybridized carbons (Fsp3) is 0.118. The lowest BCUT2D eigenvalue weighted by atomic mass is 10.2. The molecule has 0 N–H and O–H groups in total. The van der Waals surface area contributed by atoms with Crippen LogP contribution < -0.4 is 0 Å². The maximum atomic E-state index is 11.8. The van der Waals surface area contributed by atoms with Crippen molar-refractivity contribution in [2.75, 3.05) is 0 Å². The predicted molar refractivity (Wildman–Crippen MR) is 99.2 cm³/mol. The second-order valence-corrected chi connectivity index (χ2v) is 7.36. The number of nitrogens with zero attached hydrogens (tertiary/aromatic N) is 2. The molecule has 3 rings (SSSR count). The van der Waals surface area contributed by atoms with E-state index in [1.54, 1.807) is 19.1 Å². The number of benzene rings is 1. The van der Waals surface area contributed by atoms with Crippen LogP contribution in [-0.2, 0) is 4.84 Å². The highest BCUT2D eigenvalue weighted by Gasteiger charge is 2.14. The minimum absolute atomic E-state index is 0.454. The first-order chi connectivity index (χ1) is 11.5. The van der Waals surface area contributed by atoms with Crippen molar-refractivity contribution < 1.29 is 9.63 Å². The van der Waals surface area contributed by atoms with Crippen LogP contribution in [0.3, 0.4) is 0 Å². The van der Waals surface area contributed by atoms with Crippen LogP contribution in [0.2, 0.25) is 5.02 Å². The van der Waals surface area contributed by atoms with Gasteiger partial charge in [0.25, 0.3) is 0 Å². The third-order valence-corrected chi connectivity index (χ3v) is 5.62. The minimum Gasteiger partial charge on any atom is -0.312 e. The van der Waals surface area contributed by atoms with Crippen LogP contribution >= 0.6 is 34.3 Å². The van der Waals surface area contributed by atoms with Gasteiger partial charge in [-0.2, -0.15) is 0 Å². The Labute approximate surface area is 152 Å². The molecule has 0 aliphatic carbocycles. The quantitative estimate of drug-likeness (QED) is 0.347. The van der Waals surface area contributed by atoms with E-state index in [0.717, 1.165) is 21.1 Å². The van der Waals surface area contributed by atoms with Crippen LogP contribution in [0, 0.1) is 6.92 Å². The first kappa shape index (κ1) is 16.8. The van der Waals surface area contributed by atoms with Crippen molar-refractivity contribution in [1.29, 1.82) is 0 Å². The van der Waals surface area contributed by atoms with E-state index in [2.05, 4.69) is 10.1 Å². The van der Waals surface area contributed by atoms with Gasteiger partial charge in [-0.15, -0.1) is 22.7 Å². The van der Waals surface area contributed by atoms with Crippen molar-refractivity contribution >= 4 is 46.0 Å². The topological polar surface area (TPSA) is 51.5 Å². The van der Waals surface area contributed by atoms with E-state index in [1.165, 1.54) is 22.7 Å². The molecule has 24 heavy (non-hydrogen) atoms. The summed E-state index contributed by atoms with van der Waals surface area (Å²) in [5.74, 6) is -0.454. The normalized spacial score (nSPS) is 11.5. The second kappa shape index (κ2) is 7.25. The molecule has 122 valence electrons. The summed E-state index contributed by atoms with van der Waals surface area (Å²) < 4.78 is 0. The molecule has 0 amide bonds. The highest BCUT2D eigenvalue weighted by Crippen LogP contribution is 2.29. The van der Waals surface area contributed by atoms with E-state index < -0.39 is 5.97 Å². The zero-order valence-electron chi connectivity index (χ0n) is 12.9. The van der Waals surface area contributed by atoms with Crippen molar-refractivity contribution in [3.63, 3.8) is 0 Å². The molecule has 2 aromatic heterocycles. The lowest BCUT2D eigenvalue weighted by Gasteiger charge is -1.98. The van der Waals surface area contributed by atoms with E-state index >= 15 is 0 Å². The number of hydrogen-bond donors (Lipinski definition) is 0. The first-order valence-corrected chi connectivity index (χ1v) is 9.15. The summed E-state index contributed by atoms with van der Waals surface area (Å²) in [6.07, 6.45) is 0. The lowest BCUT2D eigenvalue weighted by Crippen LogP contribution is -2.02. The van der Waals surface area contributed by atoms with Crippen molar-refractivity contribution in [2.45, 2.75) is 13.8 Å². The third kappa shape index (κ3) is 3.72. The highest BCUT2D eigenvalue weighted by molar-refractivity contribution is 7.17. The zero-order chi connectivity index (χ0) is 17.1. The van der Waals surface area contributed by atoms with Gasteiger partial charge < -0.3 is 4.84 Å². The van der Waals surface area contributed by atoms with Crippen LogP contribution in [0.5, 0.6) is 0 Å². The molecule has 2 heterocycles. The maximum absolute atomic E-state index is 11.8. The number of rotatable bonds is 4. The van der Waals surface area contributed by atoms with Crippen LogP contribution in [0.1, 0.15) is 27.2 Å². The van der Waals surface area contributed by atoms with Gasteiger partial charge in [0.05, 0.1) is 16.3 Å². The number of halogens is 1. The molecular weight excluding hydrogens is 364 g/mol. The summed E-state index contributed by atoms with van der Waals surface area (Å²) in [6.45, 7) is 3.71. The molecule has 0 aliphatic rings. The van der Waals surface area contributed by atoms with Crippen molar-refractivity contribution in [3.8, 4) is 10.6 Å². The molecule has 0 fully saturated rings. The van der Waals surface area contributed by atoms with E-state index in [0.29, 0.717) is 15.6 Å². The molecule has 0 spiro atoms. The number of hydrogen-bond acceptors (Lipinski definition) is 6. The smallest absolute Gasteiger partial charge is 0.312 e. The number of carbonyl (C=O) groups excluding carboxylic acids is 1. The largest absolute Gasteiger partial charge is 0.375 e. The highest BCUT2D eigenvalue weighted by atomic mass is 35.5. The van der Waals surface area contributed by atoms with Gasteiger partial charge in [0.1, 0.15) is 9.88 Å². The fourth-order valence-electron chi connectivity index (χ4n) is 2.04.